The van der Waals surface area contributed by atoms with Gasteiger partial charge in [-0.1, -0.05) is 13.0 Å². The van der Waals surface area contributed by atoms with Crippen molar-refractivity contribution in [2.45, 2.75) is 19.8 Å². The highest BCUT2D eigenvalue weighted by atomic mass is 16.5. The second-order valence-electron chi connectivity index (χ2n) is 4.43. The highest BCUT2D eigenvalue weighted by Crippen LogP contribution is 2.17. The quantitative estimate of drug-likeness (QED) is 0.644. The molecule has 0 spiro atoms. The molecule has 20 heavy (non-hydrogen) atoms. The van der Waals surface area contributed by atoms with Gasteiger partial charge in [0.15, 0.2) is 0 Å². The molecule has 5 nitrogen and oxygen atoms in total. The van der Waals surface area contributed by atoms with Crippen molar-refractivity contribution >= 4 is 11.6 Å². The summed E-state index contributed by atoms with van der Waals surface area (Å²) < 4.78 is 10.5. The lowest BCUT2D eigenvalue weighted by Gasteiger charge is -2.09. The number of carbonyl (C=O) groups is 1. The third-order valence-corrected chi connectivity index (χ3v) is 2.61. The first-order valence-corrected chi connectivity index (χ1v) is 6.98. The maximum Gasteiger partial charge on any atom is 0.239 e. The van der Waals surface area contributed by atoms with Crippen LogP contribution in [0.25, 0.3) is 0 Å². The predicted molar refractivity (Wildman–Crippen MR) is 80.2 cm³/mol. The van der Waals surface area contributed by atoms with Crippen LogP contribution in [0.1, 0.15) is 19.8 Å². The summed E-state index contributed by atoms with van der Waals surface area (Å²) in [6, 6.07) is 7.63. The van der Waals surface area contributed by atoms with Gasteiger partial charge in [-0.15, -0.1) is 0 Å². The molecule has 0 aromatic heterocycles. The zero-order valence-electron chi connectivity index (χ0n) is 12.3. The normalized spacial score (nSPS) is 10.1. The molecule has 0 aliphatic rings. The van der Waals surface area contributed by atoms with Gasteiger partial charge in [0.25, 0.3) is 0 Å². The van der Waals surface area contributed by atoms with Crippen LogP contribution in [0, 0.1) is 0 Å². The van der Waals surface area contributed by atoms with Gasteiger partial charge in [-0.05, 0) is 25.0 Å². The molecule has 0 fully saturated rings. The van der Waals surface area contributed by atoms with Crippen molar-refractivity contribution in [1.29, 1.82) is 0 Å². The molecule has 2 N–H and O–H groups in total. The van der Waals surface area contributed by atoms with E-state index in [-0.39, 0.29) is 12.5 Å². The van der Waals surface area contributed by atoms with Crippen LogP contribution in [-0.2, 0) is 9.53 Å². The molecule has 5 heteroatoms. The zero-order chi connectivity index (χ0) is 14.6. The Balaban J connectivity index is 2.28. The van der Waals surface area contributed by atoms with E-state index in [0.717, 1.165) is 24.3 Å². The van der Waals surface area contributed by atoms with Crippen LogP contribution in [0.15, 0.2) is 24.3 Å². The van der Waals surface area contributed by atoms with Crippen LogP contribution in [0.5, 0.6) is 5.75 Å². The van der Waals surface area contributed by atoms with E-state index in [1.807, 2.05) is 24.3 Å². The summed E-state index contributed by atoms with van der Waals surface area (Å²) in [6.45, 7) is 4.31. The Morgan fingerprint density at radius 3 is 2.90 bits per heavy atom. The van der Waals surface area contributed by atoms with Crippen LogP contribution in [0.4, 0.5) is 5.69 Å². The van der Waals surface area contributed by atoms with E-state index in [0.29, 0.717) is 19.8 Å². The molecule has 0 saturated carbocycles. The smallest absolute Gasteiger partial charge is 0.239 e. The average Bonchev–Trinajstić information content (AvgIpc) is 2.48. The van der Waals surface area contributed by atoms with Crippen LogP contribution in [-0.4, -0.2) is 39.3 Å². The molecule has 1 rings (SSSR count). The van der Waals surface area contributed by atoms with Gasteiger partial charge < -0.3 is 20.1 Å². The predicted octanol–water partition coefficient (Wildman–Crippen LogP) is 2.04. The van der Waals surface area contributed by atoms with E-state index < -0.39 is 0 Å². The van der Waals surface area contributed by atoms with Gasteiger partial charge >= 0.3 is 0 Å². The van der Waals surface area contributed by atoms with Gasteiger partial charge in [-0.2, -0.15) is 0 Å². The SMILES string of the molecule is CCCOc1cccc(NCC(=O)NCCCOC)c1. The lowest BCUT2D eigenvalue weighted by atomic mass is 10.3. The molecule has 1 aromatic carbocycles. The van der Waals surface area contributed by atoms with Gasteiger partial charge in [0.05, 0.1) is 13.2 Å². The van der Waals surface area contributed by atoms with Crippen molar-refractivity contribution in [3.63, 3.8) is 0 Å². The first-order chi connectivity index (χ1) is 9.76. The number of amides is 1. The van der Waals surface area contributed by atoms with Gasteiger partial charge in [-0.3, -0.25) is 4.79 Å². The Morgan fingerprint density at radius 1 is 1.30 bits per heavy atom. The molecule has 0 aliphatic heterocycles. The largest absolute Gasteiger partial charge is 0.494 e. The first kappa shape index (κ1) is 16.3. The molecule has 0 radical (unpaired) electrons. The van der Waals surface area contributed by atoms with Crippen molar-refractivity contribution in [2.75, 3.05) is 38.7 Å². The number of benzene rings is 1. The maximum absolute atomic E-state index is 11.6. The fourth-order valence-corrected chi connectivity index (χ4v) is 1.60. The topological polar surface area (TPSA) is 59.6 Å². The number of anilines is 1. The summed E-state index contributed by atoms with van der Waals surface area (Å²) in [7, 11) is 1.65. The standard InChI is InChI=1S/C15H24N2O3/c1-3-9-20-14-7-4-6-13(11-14)17-12-15(18)16-8-5-10-19-2/h4,6-7,11,17H,3,5,8-10,12H2,1-2H3,(H,16,18). The van der Waals surface area contributed by atoms with Gasteiger partial charge in [0.2, 0.25) is 5.91 Å². The maximum atomic E-state index is 11.6. The summed E-state index contributed by atoms with van der Waals surface area (Å²) in [5.41, 5.74) is 0.880. The third-order valence-electron chi connectivity index (χ3n) is 2.61. The Morgan fingerprint density at radius 2 is 2.15 bits per heavy atom. The van der Waals surface area contributed by atoms with Gasteiger partial charge in [-0.25, -0.2) is 0 Å². The number of hydrogen-bond donors (Lipinski definition) is 2. The second kappa shape index (κ2) is 10.1. The van der Waals surface area contributed by atoms with Crippen LogP contribution in [0.2, 0.25) is 0 Å². The van der Waals surface area contributed by atoms with Crippen LogP contribution in [0.3, 0.4) is 0 Å². The van der Waals surface area contributed by atoms with Crippen molar-refractivity contribution in [1.82, 2.24) is 5.32 Å². The molecule has 0 saturated heterocycles. The number of rotatable bonds is 10. The van der Waals surface area contributed by atoms with Crippen LogP contribution < -0.4 is 15.4 Å². The van der Waals surface area contributed by atoms with Gasteiger partial charge in [0, 0.05) is 32.0 Å². The van der Waals surface area contributed by atoms with Crippen LogP contribution >= 0.6 is 0 Å². The molecule has 0 aliphatic carbocycles. The van der Waals surface area contributed by atoms with Crippen molar-refractivity contribution in [3.05, 3.63) is 24.3 Å². The summed E-state index contributed by atoms with van der Waals surface area (Å²) in [4.78, 5) is 11.6. The zero-order valence-corrected chi connectivity index (χ0v) is 12.3. The Hall–Kier alpha value is -1.75. The molecular weight excluding hydrogens is 256 g/mol. The molecule has 0 atom stereocenters. The fraction of sp³-hybridized carbons (Fsp3) is 0.533. The fourth-order valence-electron chi connectivity index (χ4n) is 1.60. The minimum atomic E-state index is -0.0269. The minimum absolute atomic E-state index is 0.0269. The molecule has 112 valence electrons. The van der Waals surface area contributed by atoms with E-state index in [2.05, 4.69) is 17.6 Å². The van der Waals surface area contributed by atoms with E-state index in [1.54, 1.807) is 7.11 Å². The summed E-state index contributed by atoms with van der Waals surface area (Å²) in [5.74, 6) is 0.790. The Bertz CT molecular complexity index is 396. The lowest BCUT2D eigenvalue weighted by Crippen LogP contribution is -2.31. The number of carbonyl (C=O) groups excluding carboxylic acids is 1. The second-order valence-corrected chi connectivity index (χ2v) is 4.43. The van der Waals surface area contributed by atoms with Crippen molar-refractivity contribution in [3.8, 4) is 5.75 Å². The van der Waals surface area contributed by atoms with E-state index in [1.165, 1.54) is 0 Å². The summed E-state index contributed by atoms with van der Waals surface area (Å²) >= 11 is 0. The summed E-state index contributed by atoms with van der Waals surface area (Å²) in [6.07, 6.45) is 1.80. The monoisotopic (exact) mass is 280 g/mol. The highest BCUT2D eigenvalue weighted by Gasteiger charge is 2.01. The van der Waals surface area contributed by atoms with E-state index in [4.69, 9.17) is 9.47 Å². The number of hydrogen-bond acceptors (Lipinski definition) is 4. The average molecular weight is 280 g/mol. The number of methoxy groups -OCH3 is 1. The highest BCUT2D eigenvalue weighted by molar-refractivity contribution is 5.80. The third kappa shape index (κ3) is 6.99. The Kier molecular flexibility index (Phi) is 8.22. The number of ether oxygens (including phenoxy) is 2. The molecule has 0 unspecified atom stereocenters. The molecule has 0 bridgehead atoms. The van der Waals surface area contributed by atoms with E-state index in [9.17, 15) is 4.79 Å². The molecule has 1 amide bonds. The minimum Gasteiger partial charge on any atom is -0.494 e. The van der Waals surface area contributed by atoms with Crippen molar-refractivity contribution < 1.29 is 14.3 Å². The molecule has 1 aromatic rings. The van der Waals surface area contributed by atoms with Crippen molar-refractivity contribution in [2.24, 2.45) is 0 Å². The van der Waals surface area contributed by atoms with E-state index >= 15 is 0 Å². The molecule has 0 heterocycles. The summed E-state index contributed by atoms with van der Waals surface area (Å²) in [5, 5.41) is 5.90. The Labute approximate surface area is 120 Å². The number of nitrogens with one attached hydrogen (secondary N) is 2. The lowest BCUT2D eigenvalue weighted by molar-refractivity contribution is -0.119. The molecular formula is C15H24N2O3. The first-order valence-electron chi connectivity index (χ1n) is 6.98. The van der Waals surface area contributed by atoms with Gasteiger partial charge in [0.1, 0.15) is 5.75 Å².